The Morgan fingerprint density at radius 3 is 1.94 bits per heavy atom. The van der Waals surface area contributed by atoms with Crippen LogP contribution in [0.2, 0.25) is 0 Å². The van der Waals surface area contributed by atoms with Crippen molar-refractivity contribution in [2.75, 3.05) is 27.2 Å². The molecule has 0 amide bonds. The van der Waals surface area contributed by atoms with E-state index in [1.165, 1.54) is 11.1 Å². The number of aromatic nitrogens is 3. The molecule has 0 spiro atoms. The molecular formula is C25H26N4O2. The predicted octanol–water partition coefficient (Wildman–Crippen LogP) is 3.55. The predicted molar refractivity (Wildman–Crippen MR) is 122 cm³/mol. The number of hydrogen-bond donors (Lipinski definition) is 0. The molecular weight excluding hydrogens is 388 g/mol. The Labute approximate surface area is 182 Å². The molecule has 4 rings (SSSR count). The molecule has 0 saturated carbocycles. The van der Waals surface area contributed by atoms with Gasteiger partial charge >= 0.3 is 5.69 Å². The molecule has 0 aliphatic carbocycles. The van der Waals surface area contributed by atoms with Crippen LogP contribution in [0.25, 0.3) is 11.4 Å². The second kappa shape index (κ2) is 9.45. The molecule has 2 heterocycles. The molecule has 2 aromatic carbocycles. The van der Waals surface area contributed by atoms with Crippen LogP contribution in [-0.2, 0) is 6.42 Å². The summed E-state index contributed by atoms with van der Waals surface area (Å²) in [6.07, 6.45) is 8.02. The summed E-state index contributed by atoms with van der Waals surface area (Å²) in [5.74, 6) is 0.794. The molecule has 0 bridgehead atoms. The Morgan fingerprint density at radius 2 is 1.35 bits per heavy atom. The average molecular weight is 415 g/mol. The zero-order chi connectivity index (χ0) is 21.6. The first-order chi connectivity index (χ1) is 15.1. The van der Waals surface area contributed by atoms with E-state index in [-0.39, 0.29) is 5.69 Å². The highest BCUT2D eigenvalue weighted by molar-refractivity contribution is 5.40. The Kier molecular flexibility index (Phi) is 6.29. The minimum absolute atomic E-state index is 0.108. The van der Waals surface area contributed by atoms with Crippen LogP contribution in [0.4, 0.5) is 0 Å². The number of ether oxygens (including phenoxy) is 1. The smallest absolute Gasteiger partial charge is 0.337 e. The fourth-order valence-electron chi connectivity index (χ4n) is 3.33. The van der Waals surface area contributed by atoms with Gasteiger partial charge in [-0.2, -0.15) is 0 Å². The summed E-state index contributed by atoms with van der Waals surface area (Å²) < 4.78 is 9.01. The molecule has 6 heteroatoms. The van der Waals surface area contributed by atoms with Gasteiger partial charge in [-0.3, -0.25) is 14.1 Å². The summed E-state index contributed by atoms with van der Waals surface area (Å²) in [6, 6.07) is 19.7. The Balaban J connectivity index is 1.47. The zero-order valence-corrected chi connectivity index (χ0v) is 17.8. The molecule has 0 aliphatic heterocycles. The maximum absolute atomic E-state index is 13.0. The van der Waals surface area contributed by atoms with Crippen molar-refractivity contribution in [1.29, 1.82) is 0 Å². The molecule has 0 atom stereocenters. The second-order valence-electron chi connectivity index (χ2n) is 7.67. The summed E-state index contributed by atoms with van der Waals surface area (Å²) in [4.78, 5) is 19.1. The van der Waals surface area contributed by atoms with Crippen LogP contribution in [0.15, 0.2) is 90.2 Å². The van der Waals surface area contributed by atoms with E-state index in [9.17, 15) is 4.79 Å². The molecule has 4 aromatic rings. The monoisotopic (exact) mass is 414 g/mol. The average Bonchev–Trinajstić information content (AvgIpc) is 3.16. The van der Waals surface area contributed by atoms with Crippen LogP contribution >= 0.6 is 0 Å². The highest BCUT2D eigenvalue weighted by atomic mass is 16.5. The number of rotatable bonds is 8. The van der Waals surface area contributed by atoms with E-state index in [4.69, 9.17) is 4.74 Å². The number of benzene rings is 2. The fourth-order valence-corrected chi connectivity index (χ4v) is 3.33. The van der Waals surface area contributed by atoms with E-state index in [1.54, 1.807) is 33.9 Å². The largest absolute Gasteiger partial charge is 0.492 e. The Bertz CT molecular complexity index is 1160. The number of nitrogens with zero attached hydrogens (tertiary/aromatic N) is 4. The molecule has 0 fully saturated rings. The minimum Gasteiger partial charge on any atom is -0.492 e. The summed E-state index contributed by atoms with van der Waals surface area (Å²) in [6.45, 7) is 1.48. The lowest BCUT2D eigenvalue weighted by molar-refractivity contribution is 0.261. The van der Waals surface area contributed by atoms with Crippen molar-refractivity contribution in [3.05, 3.63) is 107 Å². The van der Waals surface area contributed by atoms with Crippen molar-refractivity contribution in [1.82, 2.24) is 19.0 Å². The van der Waals surface area contributed by atoms with Crippen molar-refractivity contribution < 1.29 is 4.74 Å². The van der Waals surface area contributed by atoms with Gasteiger partial charge in [-0.05, 0) is 80.2 Å². The van der Waals surface area contributed by atoms with Crippen LogP contribution in [0, 0.1) is 0 Å². The molecule has 31 heavy (non-hydrogen) atoms. The van der Waals surface area contributed by atoms with Gasteiger partial charge in [-0.15, -0.1) is 0 Å². The quantitative estimate of drug-likeness (QED) is 0.442. The number of imidazole rings is 1. The van der Waals surface area contributed by atoms with Gasteiger partial charge in [0.25, 0.3) is 0 Å². The molecule has 0 unspecified atom stereocenters. The normalized spacial score (nSPS) is 11.1. The standard InChI is InChI=1S/C25H26N4O2/c1-27(2)17-18-31-24-9-7-23(8-10-24)29-16-15-28(25(29)30)22-5-3-20(4-6-22)19-21-11-13-26-14-12-21/h3-16H,17-19H2,1-2H3. The van der Waals surface area contributed by atoms with Gasteiger partial charge in [0.2, 0.25) is 0 Å². The lowest BCUT2D eigenvalue weighted by Gasteiger charge is -2.11. The maximum Gasteiger partial charge on any atom is 0.337 e. The van der Waals surface area contributed by atoms with Crippen LogP contribution < -0.4 is 10.4 Å². The second-order valence-corrected chi connectivity index (χ2v) is 7.67. The Morgan fingerprint density at radius 1 is 0.806 bits per heavy atom. The fraction of sp³-hybridized carbons (Fsp3) is 0.200. The molecule has 158 valence electrons. The van der Waals surface area contributed by atoms with E-state index in [0.717, 1.165) is 30.1 Å². The highest BCUT2D eigenvalue weighted by Crippen LogP contribution is 2.16. The summed E-state index contributed by atoms with van der Waals surface area (Å²) in [5.41, 5.74) is 3.93. The number of pyridine rings is 1. The molecule has 0 aliphatic rings. The first-order valence-corrected chi connectivity index (χ1v) is 10.3. The summed E-state index contributed by atoms with van der Waals surface area (Å²) >= 11 is 0. The van der Waals surface area contributed by atoms with Crippen LogP contribution in [0.3, 0.4) is 0 Å². The summed E-state index contributed by atoms with van der Waals surface area (Å²) in [7, 11) is 4.02. The lowest BCUT2D eigenvalue weighted by Crippen LogP contribution is -2.21. The van der Waals surface area contributed by atoms with Crippen LogP contribution in [0.1, 0.15) is 11.1 Å². The van der Waals surface area contributed by atoms with Crippen molar-refractivity contribution >= 4 is 0 Å². The molecule has 6 nitrogen and oxygen atoms in total. The number of likely N-dealkylation sites (N-methyl/N-ethyl adjacent to an activating group) is 1. The highest BCUT2D eigenvalue weighted by Gasteiger charge is 2.08. The van der Waals surface area contributed by atoms with Crippen LogP contribution in [0.5, 0.6) is 5.75 Å². The van der Waals surface area contributed by atoms with Crippen molar-refractivity contribution in [2.24, 2.45) is 0 Å². The molecule has 2 aromatic heterocycles. The SMILES string of the molecule is CN(C)CCOc1ccc(-n2ccn(-c3ccc(Cc4ccncc4)cc3)c2=O)cc1. The van der Waals surface area contributed by atoms with E-state index in [1.807, 2.05) is 62.6 Å². The van der Waals surface area contributed by atoms with E-state index >= 15 is 0 Å². The van der Waals surface area contributed by atoms with Gasteiger partial charge < -0.3 is 9.64 Å². The van der Waals surface area contributed by atoms with Crippen LogP contribution in [-0.4, -0.2) is 46.3 Å². The van der Waals surface area contributed by atoms with Gasteiger partial charge in [0.15, 0.2) is 0 Å². The van der Waals surface area contributed by atoms with Gasteiger partial charge in [0.1, 0.15) is 12.4 Å². The Hall–Kier alpha value is -3.64. The van der Waals surface area contributed by atoms with Crippen molar-refractivity contribution in [3.8, 4) is 17.1 Å². The van der Waals surface area contributed by atoms with Gasteiger partial charge in [-0.1, -0.05) is 12.1 Å². The van der Waals surface area contributed by atoms with Gasteiger partial charge in [-0.25, -0.2) is 4.79 Å². The van der Waals surface area contributed by atoms with E-state index in [2.05, 4.69) is 22.0 Å². The third kappa shape index (κ3) is 5.10. The maximum atomic E-state index is 13.0. The third-order valence-corrected chi connectivity index (χ3v) is 5.07. The van der Waals surface area contributed by atoms with Crippen molar-refractivity contribution in [2.45, 2.75) is 6.42 Å². The van der Waals surface area contributed by atoms with E-state index in [0.29, 0.717) is 6.61 Å². The minimum atomic E-state index is -0.108. The lowest BCUT2D eigenvalue weighted by atomic mass is 10.1. The third-order valence-electron chi connectivity index (χ3n) is 5.07. The molecule has 0 N–H and O–H groups in total. The van der Waals surface area contributed by atoms with Gasteiger partial charge in [0.05, 0.1) is 11.4 Å². The topological polar surface area (TPSA) is 52.3 Å². The summed E-state index contributed by atoms with van der Waals surface area (Å²) in [5, 5.41) is 0. The number of hydrogen-bond acceptors (Lipinski definition) is 4. The molecule has 0 radical (unpaired) electrons. The van der Waals surface area contributed by atoms with Gasteiger partial charge in [0, 0.05) is 31.3 Å². The zero-order valence-electron chi connectivity index (χ0n) is 17.8. The van der Waals surface area contributed by atoms with Crippen molar-refractivity contribution in [3.63, 3.8) is 0 Å². The molecule has 0 saturated heterocycles. The first kappa shape index (κ1) is 20.6. The van der Waals surface area contributed by atoms with E-state index < -0.39 is 0 Å². The first-order valence-electron chi connectivity index (χ1n) is 10.3.